The summed E-state index contributed by atoms with van der Waals surface area (Å²) in [5.41, 5.74) is 2.74. The van der Waals surface area contributed by atoms with Crippen molar-refractivity contribution in [1.29, 1.82) is 0 Å². The highest BCUT2D eigenvalue weighted by atomic mass is 35.5. The lowest BCUT2D eigenvalue weighted by Crippen LogP contribution is -2.44. The predicted molar refractivity (Wildman–Crippen MR) is 145 cm³/mol. The number of methoxy groups -OCH3 is 2. The van der Waals surface area contributed by atoms with Crippen LogP contribution in [0.25, 0.3) is 0 Å². The Balaban J connectivity index is 1.53. The number of ether oxygens (including phenoxy) is 2. The van der Waals surface area contributed by atoms with Gasteiger partial charge in [-0.3, -0.25) is 9.59 Å². The zero-order valence-electron chi connectivity index (χ0n) is 21.3. The fourth-order valence-corrected chi connectivity index (χ4v) is 4.39. The molecule has 4 rings (SSSR count). The number of carbonyl (C=O) groups excluding carboxylic acids is 2. The average Bonchev–Trinajstić information content (AvgIpc) is 3.76. The van der Waals surface area contributed by atoms with E-state index >= 15 is 0 Å². The number of nitrogens with one attached hydrogen (secondary N) is 1. The van der Waals surface area contributed by atoms with Crippen LogP contribution in [0.4, 0.5) is 0 Å². The van der Waals surface area contributed by atoms with Gasteiger partial charge < -0.3 is 19.7 Å². The summed E-state index contributed by atoms with van der Waals surface area (Å²) < 4.78 is 10.4. The van der Waals surface area contributed by atoms with E-state index in [1.54, 1.807) is 31.3 Å². The molecule has 37 heavy (non-hydrogen) atoms. The minimum atomic E-state index is -0.737. The van der Waals surface area contributed by atoms with Crippen LogP contribution in [0.3, 0.4) is 0 Å². The third kappa shape index (κ3) is 7.49. The molecule has 3 aromatic carbocycles. The molecule has 1 unspecified atom stereocenters. The summed E-state index contributed by atoms with van der Waals surface area (Å²) in [7, 11) is 3.25. The molecule has 1 saturated carbocycles. The monoisotopic (exact) mass is 520 g/mol. The van der Waals surface area contributed by atoms with Gasteiger partial charge in [-0.05, 0) is 78.3 Å². The molecular weight excluding hydrogens is 488 g/mol. The molecule has 0 radical (unpaired) electrons. The first kappa shape index (κ1) is 26.6. The molecule has 1 N–H and O–H groups in total. The van der Waals surface area contributed by atoms with Gasteiger partial charge in [0.1, 0.15) is 17.5 Å². The van der Waals surface area contributed by atoms with E-state index in [1.165, 1.54) is 0 Å². The summed E-state index contributed by atoms with van der Waals surface area (Å²) in [4.78, 5) is 29.0. The van der Waals surface area contributed by atoms with Crippen molar-refractivity contribution in [2.45, 2.75) is 38.3 Å². The minimum Gasteiger partial charge on any atom is -0.497 e. The van der Waals surface area contributed by atoms with Gasteiger partial charge in [-0.2, -0.15) is 0 Å². The lowest BCUT2D eigenvalue weighted by atomic mass is 10.0. The van der Waals surface area contributed by atoms with Crippen LogP contribution in [0.15, 0.2) is 72.8 Å². The molecule has 7 heteroatoms. The van der Waals surface area contributed by atoms with Crippen molar-refractivity contribution in [3.8, 4) is 11.5 Å². The van der Waals surface area contributed by atoms with Gasteiger partial charge in [0.25, 0.3) is 0 Å². The molecule has 2 amide bonds. The van der Waals surface area contributed by atoms with Crippen molar-refractivity contribution in [2.24, 2.45) is 5.92 Å². The smallest absolute Gasteiger partial charge is 0.247 e. The van der Waals surface area contributed by atoms with Gasteiger partial charge in [0.05, 0.1) is 14.2 Å². The van der Waals surface area contributed by atoms with Crippen molar-refractivity contribution in [3.05, 3.63) is 94.5 Å². The van der Waals surface area contributed by atoms with Crippen molar-refractivity contribution in [3.63, 3.8) is 0 Å². The third-order valence-electron chi connectivity index (χ3n) is 6.63. The molecule has 0 saturated heterocycles. The summed E-state index contributed by atoms with van der Waals surface area (Å²) >= 11 is 6.14. The zero-order chi connectivity index (χ0) is 26.2. The van der Waals surface area contributed by atoms with E-state index in [-0.39, 0.29) is 11.8 Å². The van der Waals surface area contributed by atoms with Crippen LogP contribution in [0, 0.1) is 5.92 Å². The fraction of sp³-hybridized carbons (Fsp3) is 0.333. The molecule has 0 spiro atoms. The van der Waals surface area contributed by atoms with Crippen LogP contribution >= 0.6 is 11.6 Å². The molecule has 0 heterocycles. The summed E-state index contributed by atoms with van der Waals surface area (Å²) in [5.74, 6) is 1.71. The number of benzene rings is 3. The standard InChI is InChI=1S/C30H33ClN2O4/c1-36-26-14-5-21(6-15-26)9-18-28(34)33(20-23-3-4-23)29(24-10-12-25(31)13-11-24)30(35)32-19-22-7-16-27(37-2)17-8-22/h5-8,10-17,23,29H,3-4,9,18-20H2,1-2H3,(H,32,35). The van der Waals surface area contributed by atoms with E-state index in [4.69, 9.17) is 21.1 Å². The Kier molecular flexibility index (Phi) is 9.07. The highest BCUT2D eigenvalue weighted by molar-refractivity contribution is 6.30. The summed E-state index contributed by atoms with van der Waals surface area (Å²) in [5, 5.41) is 3.63. The van der Waals surface area contributed by atoms with Gasteiger partial charge in [-0.15, -0.1) is 0 Å². The number of hydrogen-bond donors (Lipinski definition) is 1. The van der Waals surface area contributed by atoms with Crippen LogP contribution in [0.1, 0.15) is 42.0 Å². The summed E-state index contributed by atoms with van der Waals surface area (Å²) in [6.45, 7) is 0.912. The number of carbonyl (C=O) groups is 2. The molecule has 0 aromatic heterocycles. The Morgan fingerprint density at radius 1 is 0.892 bits per heavy atom. The Hall–Kier alpha value is -3.51. The van der Waals surface area contributed by atoms with Crippen LogP contribution in [-0.2, 0) is 22.6 Å². The van der Waals surface area contributed by atoms with Crippen molar-refractivity contribution >= 4 is 23.4 Å². The molecule has 3 aromatic rings. The van der Waals surface area contributed by atoms with Crippen molar-refractivity contribution in [1.82, 2.24) is 10.2 Å². The van der Waals surface area contributed by atoms with E-state index in [2.05, 4.69) is 5.32 Å². The summed E-state index contributed by atoms with van der Waals surface area (Å²) in [6, 6.07) is 21.7. The van der Waals surface area contributed by atoms with Gasteiger partial charge in [0, 0.05) is 24.5 Å². The quantitative estimate of drug-likeness (QED) is 0.338. The zero-order valence-corrected chi connectivity index (χ0v) is 22.0. The van der Waals surface area contributed by atoms with E-state index in [1.807, 2.05) is 60.7 Å². The van der Waals surface area contributed by atoms with Crippen LogP contribution in [0.2, 0.25) is 5.02 Å². The second-order valence-corrected chi connectivity index (χ2v) is 9.79. The normalized spacial score (nSPS) is 13.5. The minimum absolute atomic E-state index is 0.0396. The maximum absolute atomic E-state index is 13.6. The Labute approximate surface area is 223 Å². The Morgan fingerprint density at radius 2 is 1.46 bits per heavy atom. The first-order valence-electron chi connectivity index (χ1n) is 12.6. The largest absolute Gasteiger partial charge is 0.497 e. The predicted octanol–water partition coefficient (Wildman–Crippen LogP) is 5.59. The maximum atomic E-state index is 13.6. The van der Waals surface area contributed by atoms with Crippen LogP contribution < -0.4 is 14.8 Å². The lowest BCUT2D eigenvalue weighted by molar-refractivity contribution is -0.141. The maximum Gasteiger partial charge on any atom is 0.247 e. The fourth-order valence-electron chi connectivity index (χ4n) is 4.26. The number of rotatable bonds is 12. The molecule has 6 nitrogen and oxygen atoms in total. The molecule has 1 aliphatic rings. The molecule has 1 fully saturated rings. The highest BCUT2D eigenvalue weighted by Gasteiger charge is 2.35. The number of aryl methyl sites for hydroxylation is 1. The van der Waals surface area contributed by atoms with Gasteiger partial charge in [-0.1, -0.05) is 48.0 Å². The van der Waals surface area contributed by atoms with Crippen molar-refractivity contribution in [2.75, 3.05) is 20.8 Å². The molecule has 194 valence electrons. The molecule has 1 atom stereocenters. The van der Waals surface area contributed by atoms with E-state index in [9.17, 15) is 9.59 Å². The highest BCUT2D eigenvalue weighted by Crippen LogP contribution is 2.34. The Bertz CT molecular complexity index is 1180. The average molecular weight is 521 g/mol. The van der Waals surface area contributed by atoms with Crippen LogP contribution in [0.5, 0.6) is 11.5 Å². The molecule has 1 aliphatic carbocycles. The van der Waals surface area contributed by atoms with Crippen LogP contribution in [-0.4, -0.2) is 37.5 Å². The molecule has 0 aliphatic heterocycles. The summed E-state index contributed by atoms with van der Waals surface area (Å²) in [6.07, 6.45) is 3.05. The Morgan fingerprint density at radius 3 is 2.00 bits per heavy atom. The first-order chi connectivity index (χ1) is 18.0. The van der Waals surface area contributed by atoms with E-state index in [0.29, 0.717) is 36.9 Å². The van der Waals surface area contributed by atoms with Gasteiger partial charge in [-0.25, -0.2) is 0 Å². The SMILES string of the molecule is COc1ccc(CCC(=O)N(CC2CC2)C(C(=O)NCc2ccc(OC)cc2)c2ccc(Cl)cc2)cc1. The second-order valence-electron chi connectivity index (χ2n) is 9.36. The third-order valence-corrected chi connectivity index (χ3v) is 6.88. The van der Waals surface area contributed by atoms with Gasteiger partial charge in [0.2, 0.25) is 11.8 Å². The molecule has 0 bridgehead atoms. The number of amides is 2. The van der Waals surface area contributed by atoms with E-state index < -0.39 is 6.04 Å². The van der Waals surface area contributed by atoms with Crippen molar-refractivity contribution < 1.29 is 19.1 Å². The first-order valence-corrected chi connectivity index (χ1v) is 12.9. The van der Waals surface area contributed by atoms with E-state index in [0.717, 1.165) is 41.0 Å². The van der Waals surface area contributed by atoms with Gasteiger partial charge in [0.15, 0.2) is 0 Å². The second kappa shape index (κ2) is 12.6. The molecular formula is C30H33ClN2O4. The topological polar surface area (TPSA) is 67.9 Å². The number of halogens is 1. The number of nitrogens with zero attached hydrogens (tertiary/aromatic N) is 1. The number of hydrogen-bond acceptors (Lipinski definition) is 4. The van der Waals surface area contributed by atoms with Gasteiger partial charge >= 0.3 is 0 Å². The lowest BCUT2D eigenvalue weighted by Gasteiger charge is -2.32.